The van der Waals surface area contributed by atoms with Crippen molar-refractivity contribution in [1.82, 2.24) is 5.32 Å². The van der Waals surface area contributed by atoms with Crippen molar-refractivity contribution in [1.29, 1.82) is 0 Å². The van der Waals surface area contributed by atoms with Crippen LogP contribution in [0, 0.1) is 5.82 Å². The van der Waals surface area contributed by atoms with Gasteiger partial charge in [0.05, 0.1) is 5.56 Å². The molecule has 0 bridgehead atoms. The highest BCUT2D eigenvalue weighted by Crippen LogP contribution is 2.27. The zero-order valence-electron chi connectivity index (χ0n) is 11.0. The van der Waals surface area contributed by atoms with Crippen molar-refractivity contribution in [3.63, 3.8) is 0 Å². The molecular weight excluding hydrogens is 263 g/mol. The van der Waals surface area contributed by atoms with E-state index in [9.17, 15) is 9.18 Å². The number of amides is 1. The normalized spacial score (nSPS) is 23.1. The molecule has 0 spiro atoms. The minimum atomic E-state index is -0.525. The predicted molar refractivity (Wildman–Crippen MR) is 77.8 cm³/mol. The number of anilines is 1. The van der Waals surface area contributed by atoms with Gasteiger partial charge in [-0.1, -0.05) is 12.8 Å². The van der Waals surface area contributed by atoms with Crippen molar-refractivity contribution in [2.45, 2.75) is 37.0 Å². The van der Waals surface area contributed by atoms with Crippen LogP contribution in [0.1, 0.15) is 36.0 Å². The number of hydrogen-bond acceptors (Lipinski definition) is 3. The molecule has 1 aromatic carbocycles. The standard InChI is InChI=1S/C14H19FN2OS/c1-19-13-5-3-2-4-12(13)17-14(18)10-8-9(16)6-7-11(10)15/h6-8,12-13H,2-5,16H2,1H3,(H,17,18). The largest absolute Gasteiger partial charge is 0.399 e. The van der Waals surface area contributed by atoms with E-state index in [0.717, 1.165) is 19.3 Å². The van der Waals surface area contributed by atoms with E-state index in [2.05, 4.69) is 11.6 Å². The predicted octanol–water partition coefficient (Wildman–Crippen LogP) is 2.81. The van der Waals surface area contributed by atoms with Gasteiger partial charge < -0.3 is 11.1 Å². The lowest BCUT2D eigenvalue weighted by molar-refractivity contribution is 0.0925. The van der Waals surface area contributed by atoms with Gasteiger partial charge in [-0.25, -0.2) is 4.39 Å². The van der Waals surface area contributed by atoms with E-state index >= 15 is 0 Å². The first kappa shape index (κ1) is 14.2. The van der Waals surface area contributed by atoms with Gasteiger partial charge in [0, 0.05) is 17.0 Å². The summed E-state index contributed by atoms with van der Waals surface area (Å²) in [5, 5.41) is 3.37. The Morgan fingerprint density at radius 1 is 1.42 bits per heavy atom. The van der Waals surface area contributed by atoms with Crippen molar-refractivity contribution >= 4 is 23.4 Å². The van der Waals surface area contributed by atoms with Crippen LogP contribution in [0.2, 0.25) is 0 Å². The van der Waals surface area contributed by atoms with Gasteiger partial charge in [0.1, 0.15) is 5.82 Å². The molecule has 2 atom stereocenters. The smallest absolute Gasteiger partial charge is 0.254 e. The number of thioether (sulfide) groups is 1. The van der Waals surface area contributed by atoms with Gasteiger partial charge in [-0.15, -0.1) is 0 Å². The van der Waals surface area contributed by atoms with Crippen LogP contribution < -0.4 is 11.1 Å². The van der Waals surface area contributed by atoms with E-state index in [4.69, 9.17) is 5.73 Å². The Kier molecular flexibility index (Phi) is 4.69. The number of benzene rings is 1. The molecule has 2 rings (SSSR count). The van der Waals surface area contributed by atoms with Crippen LogP contribution in [0.3, 0.4) is 0 Å². The van der Waals surface area contributed by atoms with Crippen LogP contribution in [0.5, 0.6) is 0 Å². The third kappa shape index (κ3) is 3.41. The molecule has 1 aromatic rings. The van der Waals surface area contributed by atoms with Crippen molar-refractivity contribution in [3.05, 3.63) is 29.6 Å². The molecule has 3 N–H and O–H groups in total. The van der Waals surface area contributed by atoms with Crippen LogP contribution in [0.15, 0.2) is 18.2 Å². The SMILES string of the molecule is CSC1CCCCC1NC(=O)c1cc(N)ccc1F. The molecule has 104 valence electrons. The van der Waals surface area contributed by atoms with Gasteiger partial charge in [-0.2, -0.15) is 11.8 Å². The first-order valence-electron chi connectivity index (χ1n) is 6.50. The summed E-state index contributed by atoms with van der Waals surface area (Å²) in [5.74, 6) is -0.890. The highest BCUT2D eigenvalue weighted by Gasteiger charge is 2.26. The molecule has 1 fully saturated rings. The Balaban J connectivity index is 2.09. The molecular formula is C14H19FN2OS. The van der Waals surface area contributed by atoms with Crippen LogP contribution in [0.25, 0.3) is 0 Å². The summed E-state index contributed by atoms with van der Waals surface area (Å²) in [5.41, 5.74) is 6.03. The van der Waals surface area contributed by atoms with Crippen molar-refractivity contribution < 1.29 is 9.18 Å². The molecule has 0 heterocycles. The lowest BCUT2D eigenvalue weighted by atomic mass is 9.94. The molecule has 0 aromatic heterocycles. The number of nitrogens with one attached hydrogen (secondary N) is 1. The highest BCUT2D eigenvalue weighted by molar-refractivity contribution is 7.99. The van der Waals surface area contributed by atoms with E-state index < -0.39 is 5.82 Å². The minimum Gasteiger partial charge on any atom is -0.399 e. The molecule has 2 unspecified atom stereocenters. The van der Waals surface area contributed by atoms with Gasteiger partial charge in [-0.05, 0) is 37.3 Å². The molecule has 1 saturated carbocycles. The fourth-order valence-electron chi connectivity index (χ4n) is 2.51. The van der Waals surface area contributed by atoms with Crippen LogP contribution in [-0.4, -0.2) is 23.5 Å². The van der Waals surface area contributed by atoms with Gasteiger partial charge in [0.25, 0.3) is 5.91 Å². The van der Waals surface area contributed by atoms with Crippen LogP contribution in [-0.2, 0) is 0 Å². The minimum absolute atomic E-state index is 0.0328. The van der Waals surface area contributed by atoms with Crippen molar-refractivity contribution in [3.8, 4) is 0 Å². The molecule has 0 radical (unpaired) electrons. The van der Waals surface area contributed by atoms with Gasteiger partial charge in [-0.3, -0.25) is 4.79 Å². The molecule has 5 heteroatoms. The molecule has 19 heavy (non-hydrogen) atoms. The van der Waals surface area contributed by atoms with E-state index in [1.807, 2.05) is 0 Å². The van der Waals surface area contributed by atoms with E-state index in [1.165, 1.54) is 24.6 Å². The van der Waals surface area contributed by atoms with Gasteiger partial charge in [0.2, 0.25) is 0 Å². The maximum atomic E-state index is 13.6. The van der Waals surface area contributed by atoms with E-state index in [-0.39, 0.29) is 17.5 Å². The Morgan fingerprint density at radius 2 is 2.16 bits per heavy atom. The fraction of sp³-hybridized carbons (Fsp3) is 0.500. The van der Waals surface area contributed by atoms with E-state index in [1.54, 1.807) is 11.8 Å². The summed E-state index contributed by atoms with van der Waals surface area (Å²) in [6.07, 6.45) is 6.43. The lowest BCUT2D eigenvalue weighted by Crippen LogP contribution is -2.43. The summed E-state index contributed by atoms with van der Waals surface area (Å²) in [7, 11) is 0. The number of carbonyl (C=O) groups is 1. The maximum Gasteiger partial charge on any atom is 0.254 e. The van der Waals surface area contributed by atoms with Gasteiger partial charge >= 0.3 is 0 Å². The van der Waals surface area contributed by atoms with E-state index in [0.29, 0.717) is 10.9 Å². The first-order valence-corrected chi connectivity index (χ1v) is 7.79. The maximum absolute atomic E-state index is 13.6. The lowest BCUT2D eigenvalue weighted by Gasteiger charge is -2.31. The van der Waals surface area contributed by atoms with Crippen molar-refractivity contribution in [2.75, 3.05) is 12.0 Å². The number of rotatable bonds is 3. The molecule has 1 amide bonds. The third-order valence-corrected chi connectivity index (χ3v) is 4.73. The summed E-state index contributed by atoms with van der Waals surface area (Å²) < 4.78 is 13.6. The van der Waals surface area contributed by atoms with Crippen LogP contribution >= 0.6 is 11.8 Å². The Hall–Kier alpha value is -1.23. The average molecular weight is 282 g/mol. The van der Waals surface area contributed by atoms with Crippen LogP contribution in [0.4, 0.5) is 10.1 Å². The second-order valence-corrected chi connectivity index (χ2v) is 5.95. The zero-order valence-corrected chi connectivity index (χ0v) is 11.8. The molecule has 1 aliphatic rings. The molecule has 1 aliphatic carbocycles. The monoisotopic (exact) mass is 282 g/mol. The number of nitrogen functional groups attached to an aromatic ring is 1. The fourth-order valence-corrected chi connectivity index (χ4v) is 3.44. The Labute approximate surface area is 117 Å². The number of halogens is 1. The quantitative estimate of drug-likeness (QED) is 0.838. The summed E-state index contributed by atoms with van der Waals surface area (Å²) in [6.45, 7) is 0. The third-order valence-electron chi connectivity index (χ3n) is 3.56. The summed E-state index contributed by atoms with van der Waals surface area (Å²) in [6, 6.07) is 4.20. The Bertz CT molecular complexity index is 467. The van der Waals surface area contributed by atoms with Gasteiger partial charge in [0.15, 0.2) is 0 Å². The second-order valence-electron chi connectivity index (χ2n) is 4.88. The first-order chi connectivity index (χ1) is 9.11. The number of carbonyl (C=O) groups excluding carboxylic acids is 1. The average Bonchev–Trinajstić information content (AvgIpc) is 2.42. The molecule has 3 nitrogen and oxygen atoms in total. The summed E-state index contributed by atoms with van der Waals surface area (Å²) in [4.78, 5) is 12.1. The number of hydrogen-bond donors (Lipinski definition) is 2. The highest BCUT2D eigenvalue weighted by atomic mass is 32.2. The molecule has 0 saturated heterocycles. The molecule has 0 aliphatic heterocycles. The zero-order chi connectivity index (χ0) is 13.8. The Morgan fingerprint density at radius 3 is 2.89 bits per heavy atom. The second kappa shape index (κ2) is 6.28. The summed E-state index contributed by atoms with van der Waals surface area (Å²) >= 11 is 1.77. The topological polar surface area (TPSA) is 55.1 Å². The van der Waals surface area contributed by atoms with Crippen molar-refractivity contribution in [2.24, 2.45) is 0 Å². The number of nitrogens with two attached hydrogens (primary N) is 1.